The highest BCUT2D eigenvalue weighted by molar-refractivity contribution is 4.96. The van der Waals surface area contributed by atoms with Gasteiger partial charge in [0.05, 0.1) is 5.60 Å². The van der Waals surface area contributed by atoms with Gasteiger partial charge in [-0.15, -0.1) is 0 Å². The predicted molar refractivity (Wildman–Crippen MR) is 86.0 cm³/mol. The van der Waals surface area contributed by atoms with Gasteiger partial charge >= 0.3 is 0 Å². The molecule has 1 saturated carbocycles. The largest absolute Gasteiger partial charge is 0.375 e. The first-order valence-electron chi connectivity index (χ1n) is 8.65. The van der Waals surface area contributed by atoms with Gasteiger partial charge in [0.15, 0.2) is 0 Å². The maximum atomic E-state index is 6.08. The Labute approximate surface area is 126 Å². The zero-order valence-corrected chi connectivity index (χ0v) is 14.3. The fourth-order valence-electron chi connectivity index (χ4n) is 4.44. The molecular weight excluding hydrogens is 246 g/mol. The molecule has 1 heterocycles. The van der Waals surface area contributed by atoms with Crippen molar-refractivity contribution in [1.82, 2.24) is 5.32 Å². The SMILES string of the molecule is CNC(CC(C)CC(C)(C)C)C1CCOC2(CCC2)C1. The van der Waals surface area contributed by atoms with Crippen LogP contribution >= 0.6 is 0 Å². The summed E-state index contributed by atoms with van der Waals surface area (Å²) in [6.45, 7) is 10.5. The monoisotopic (exact) mass is 281 g/mol. The van der Waals surface area contributed by atoms with E-state index in [2.05, 4.69) is 40.1 Å². The summed E-state index contributed by atoms with van der Waals surface area (Å²) < 4.78 is 6.08. The molecule has 1 aliphatic carbocycles. The molecule has 0 bridgehead atoms. The zero-order valence-electron chi connectivity index (χ0n) is 14.3. The summed E-state index contributed by atoms with van der Waals surface area (Å²) in [5.74, 6) is 1.61. The molecule has 20 heavy (non-hydrogen) atoms. The Morgan fingerprint density at radius 2 is 2.00 bits per heavy atom. The smallest absolute Gasteiger partial charge is 0.0685 e. The topological polar surface area (TPSA) is 21.3 Å². The van der Waals surface area contributed by atoms with Crippen molar-refractivity contribution in [3.63, 3.8) is 0 Å². The second kappa shape index (κ2) is 6.36. The van der Waals surface area contributed by atoms with E-state index in [9.17, 15) is 0 Å². The fraction of sp³-hybridized carbons (Fsp3) is 1.00. The molecule has 0 aromatic rings. The van der Waals surface area contributed by atoms with Crippen LogP contribution in [0.2, 0.25) is 0 Å². The maximum absolute atomic E-state index is 6.08. The zero-order chi connectivity index (χ0) is 14.8. The summed E-state index contributed by atoms with van der Waals surface area (Å²) in [6, 6.07) is 0.675. The Balaban J connectivity index is 1.87. The van der Waals surface area contributed by atoms with Crippen LogP contribution in [0.25, 0.3) is 0 Å². The van der Waals surface area contributed by atoms with Crippen LogP contribution in [0, 0.1) is 17.3 Å². The van der Waals surface area contributed by atoms with Crippen LogP contribution in [0.5, 0.6) is 0 Å². The van der Waals surface area contributed by atoms with Gasteiger partial charge in [-0.1, -0.05) is 27.7 Å². The molecule has 118 valence electrons. The first-order valence-corrected chi connectivity index (χ1v) is 8.65. The Morgan fingerprint density at radius 1 is 1.30 bits per heavy atom. The minimum atomic E-state index is 0.283. The standard InChI is InChI=1S/C18H35NO/c1-14(12-17(2,3)4)11-16(19-5)15-7-10-20-18(13-15)8-6-9-18/h14-16,19H,6-13H2,1-5H3. The molecule has 1 N–H and O–H groups in total. The summed E-state index contributed by atoms with van der Waals surface area (Å²) >= 11 is 0. The quantitative estimate of drug-likeness (QED) is 0.807. The molecule has 0 amide bonds. The van der Waals surface area contributed by atoms with Crippen molar-refractivity contribution >= 4 is 0 Å². The molecule has 3 unspecified atom stereocenters. The summed E-state index contributed by atoms with van der Waals surface area (Å²) in [6.07, 6.45) is 9.15. The third-order valence-electron chi connectivity index (χ3n) is 5.35. The van der Waals surface area contributed by atoms with Crippen LogP contribution < -0.4 is 5.32 Å². The first-order chi connectivity index (χ1) is 9.34. The molecular formula is C18H35NO. The van der Waals surface area contributed by atoms with Crippen LogP contribution in [0.3, 0.4) is 0 Å². The minimum Gasteiger partial charge on any atom is -0.375 e. The van der Waals surface area contributed by atoms with Gasteiger partial charge in [-0.25, -0.2) is 0 Å². The number of hydrogen-bond acceptors (Lipinski definition) is 2. The van der Waals surface area contributed by atoms with Crippen molar-refractivity contribution < 1.29 is 4.74 Å². The fourth-order valence-corrected chi connectivity index (χ4v) is 4.44. The van der Waals surface area contributed by atoms with Gasteiger partial charge in [-0.3, -0.25) is 0 Å². The van der Waals surface area contributed by atoms with E-state index in [1.807, 2.05) is 0 Å². The Hall–Kier alpha value is -0.0800. The number of ether oxygens (including phenoxy) is 1. The van der Waals surface area contributed by atoms with Crippen molar-refractivity contribution in [3.8, 4) is 0 Å². The van der Waals surface area contributed by atoms with Crippen molar-refractivity contribution in [2.24, 2.45) is 17.3 Å². The summed E-state index contributed by atoms with van der Waals surface area (Å²) in [4.78, 5) is 0. The Kier molecular flexibility index (Phi) is 5.18. The molecule has 2 fully saturated rings. The van der Waals surface area contributed by atoms with Crippen molar-refractivity contribution in [3.05, 3.63) is 0 Å². The predicted octanol–water partition coefficient (Wildman–Crippen LogP) is 4.39. The van der Waals surface area contributed by atoms with E-state index in [0.29, 0.717) is 11.5 Å². The summed E-state index contributed by atoms with van der Waals surface area (Å²) in [7, 11) is 2.15. The molecule has 1 saturated heterocycles. The molecule has 0 radical (unpaired) electrons. The van der Waals surface area contributed by atoms with Gasteiger partial charge in [0.2, 0.25) is 0 Å². The third-order valence-corrected chi connectivity index (χ3v) is 5.35. The molecule has 2 heteroatoms. The minimum absolute atomic E-state index is 0.283. The average molecular weight is 281 g/mol. The highest BCUT2D eigenvalue weighted by Gasteiger charge is 2.44. The van der Waals surface area contributed by atoms with E-state index < -0.39 is 0 Å². The van der Waals surface area contributed by atoms with Crippen LogP contribution in [-0.2, 0) is 4.74 Å². The lowest BCUT2D eigenvalue weighted by atomic mass is 9.69. The van der Waals surface area contributed by atoms with Gasteiger partial charge in [-0.2, -0.15) is 0 Å². The van der Waals surface area contributed by atoms with E-state index in [1.54, 1.807) is 0 Å². The van der Waals surface area contributed by atoms with Crippen molar-refractivity contribution in [2.75, 3.05) is 13.7 Å². The summed E-state index contributed by atoms with van der Waals surface area (Å²) in [5.41, 5.74) is 0.730. The normalized spacial score (nSPS) is 28.9. The molecule has 2 nitrogen and oxygen atoms in total. The van der Waals surface area contributed by atoms with E-state index in [0.717, 1.165) is 18.4 Å². The van der Waals surface area contributed by atoms with E-state index in [-0.39, 0.29) is 5.60 Å². The molecule has 3 atom stereocenters. The lowest BCUT2D eigenvalue weighted by Crippen LogP contribution is -2.50. The Morgan fingerprint density at radius 3 is 2.50 bits per heavy atom. The molecule has 2 aliphatic rings. The highest BCUT2D eigenvalue weighted by Crippen LogP contribution is 2.45. The van der Waals surface area contributed by atoms with Crippen molar-refractivity contribution in [1.29, 1.82) is 0 Å². The van der Waals surface area contributed by atoms with Gasteiger partial charge in [0.1, 0.15) is 0 Å². The van der Waals surface area contributed by atoms with E-state index >= 15 is 0 Å². The number of hydrogen-bond donors (Lipinski definition) is 1. The van der Waals surface area contributed by atoms with Gasteiger partial charge in [-0.05, 0) is 69.2 Å². The number of rotatable bonds is 5. The summed E-state index contributed by atoms with van der Waals surface area (Å²) in [5, 5.41) is 3.62. The first kappa shape index (κ1) is 16.3. The lowest BCUT2D eigenvalue weighted by molar-refractivity contribution is -0.147. The van der Waals surface area contributed by atoms with E-state index in [1.165, 1.54) is 44.9 Å². The van der Waals surface area contributed by atoms with Gasteiger partial charge in [0.25, 0.3) is 0 Å². The molecule has 1 spiro atoms. The van der Waals surface area contributed by atoms with Crippen LogP contribution in [0.1, 0.15) is 72.6 Å². The maximum Gasteiger partial charge on any atom is 0.0685 e. The van der Waals surface area contributed by atoms with Crippen molar-refractivity contribution in [2.45, 2.75) is 84.3 Å². The Bertz CT molecular complexity index is 303. The number of nitrogens with one attached hydrogen (secondary N) is 1. The highest BCUT2D eigenvalue weighted by atomic mass is 16.5. The second-order valence-corrected chi connectivity index (χ2v) is 8.64. The second-order valence-electron chi connectivity index (χ2n) is 8.64. The average Bonchev–Trinajstić information content (AvgIpc) is 2.32. The lowest BCUT2D eigenvalue weighted by Gasteiger charge is -2.49. The molecule has 0 aromatic carbocycles. The van der Waals surface area contributed by atoms with Crippen LogP contribution in [0.4, 0.5) is 0 Å². The van der Waals surface area contributed by atoms with Crippen LogP contribution in [0.15, 0.2) is 0 Å². The molecule has 2 rings (SSSR count). The molecule has 0 aromatic heterocycles. The van der Waals surface area contributed by atoms with Gasteiger partial charge < -0.3 is 10.1 Å². The van der Waals surface area contributed by atoms with E-state index in [4.69, 9.17) is 4.74 Å². The van der Waals surface area contributed by atoms with Gasteiger partial charge in [0, 0.05) is 12.6 Å². The van der Waals surface area contributed by atoms with Crippen LogP contribution in [-0.4, -0.2) is 25.3 Å². The molecule has 1 aliphatic heterocycles. The third kappa shape index (κ3) is 4.21.